The normalized spacial score (nSPS) is 25.3. The zero-order chi connectivity index (χ0) is 16.6. The van der Waals surface area contributed by atoms with Crippen LogP contribution in [0.2, 0.25) is 0 Å². The minimum Gasteiger partial charge on any atom is -0.390 e. The highest BCUT2D eigenvalue weighted by Gasteiger charge is 2.39. The Hall–Kier alpha value is -1.81. The van der Waals surface area contributed by atoms with Gasteiger partial charge in [0, 0.05) is 36.3 Å². The molecule has 0 bridgehead atoms. The molecule has 2 aromatic rings. The van der Waals surface area contributed by atoms with Crippen LogP contribution in [-0.2, 0) is 0 Å². The Balaban J connectivity index is 1.79. The molecule has 2 N–H and O–H groups in total. The molecule has 2 atom stereocenters. The number of nitrogens with one attached hydrogen (secondary N) is 1. The van der Waals surface area contributed by atoms with E-state index in [2.05, 4.69) is 18.8 Å². The van der Waals surface area contributed by atoms with E-state index >= 15 is 0 Å². The van der Waals surface area contributed by atoms with Crippen molar-refractivity contribution < 1.29 is 9.90 Å². The molecule has 1 aliphatic heterocycles. The van der Waals surface area contributed by atoms with E-state index < -0.39 is 5.60 Å². The molecule has 0 aliphatic carbocycles. The van der Waals surface area contributed by atoms with Crippen LogP contribution in [0.15, 0.2) is 30.5 Å². The molecule has 124 valence electrons. The summed E-state index contributed by atoms with van der Waals surface area (Å²) in [4.78, 5) is 17.9. The van der Waals surface area contributed by atoms with Crippen molar-refractivity contribution in [2.45, 2.75) is 39.2 Å². The average molecular weight is 314 g/mol. The molecule has 1 saturated heterocycles. The standard InChI is InChI=1S/C19H26N2O2/c1-13(2)10-16-12-21(9-7-19(16,3)23)18(22)15-5-4-14-6-8-20-17(14)11-15/h4-6,8,11,13,16,20,23H,7,9-10,12H2,1-3H3/t16-,19+/m0/s1. The molecule has 4 heteroatoms. The molecule has 3 rings (SSSR count). The Morgan fingerprint density at radius 2 is 2.22 bits per heavy atom. The van der Waals surface area contributed by atoms with Crippen molar-refractivity contribution in [3.8, 4) is 0 Å². The first-order valence-corrected chi connectivity index (χ1v) is 8.45. The number of aliphatic hydroxyl groups is 1. The van der Waals surface area contributed by atoms with Gasteiger partial charge in [-0.05, 0) is 49.3 Å². The summed E-state index contributed by atoms with van der Waals surface area (Å²) in [6.07, 6.45) is 3.46. The zero-order valence-electron chi connectivity index (χ0n) is 14.2. The van der Waals surface area contributed by atoms with E-state index in [9.17, 15) is 9.90 Å². The summed E-state index contributed by atoms with van der Waals surface area (Å²) in [7, 11) is 0. The number of H-pyrrole nitrogens is 1. The first kappa shape index (κ1) is 16.1. The molecular formula is C19H26N2O2. The lowest BCUT2D eigenvalue weighted by Crippen LogP contribution is -2.52. The van der Waals surface area contributed by atoms with Gasteiger partial charge in [-0.25, -0.2) is 0 Å². The van der Waals surface area contributed by atoms with E-state index in [1.807, 2.05) is 42.3 Å². The van der Waals surface area contributed by atoms with Crippen LogP contribution in [0.3, 0.4) is 0 Å². The van der Waals surface area contributed by atoms with E-state index in [-0.39, 0.29) is 11.8 Å². The van der Waals surface area contributed by atoms with Gasteiger partial charge in [0.2, 0.25) is 0 Å². The second-order valence-corrected chi connectivity index (χ2v) is 7.46. The lowest BCUT2D eigenvalue weighted by atomic mass is 9.78. The van der Waals surface area contributed by atoms with Gasteiger partial charge in [-0.2, -0.15) is 0 Å². The summed E-state index contributed by atoms with van der Waals surface area (Å²) in [6.45, 7) is 7.48. The average Bonchev–Trinajstić information content (AvgIpc) is 2.95. The van der Waals surface area contributed by atoms with Crippen LogP contribution in [0.5, 0.6) is 0 Å². The van der Waals surface area contributed by atoms with Crippen LogP contribution in [0, 0.1) is 11.8 Å². The highest BCUT2D eigenvalue weighted by atomic mass is 16.3. The van der Waals surface area contributed by atoms with Gasteiger partial charge in [0.25, 0.3) is 5.91 Å². The van der Waals surface area contributed by atoms with Crippen LogP contribution < -0.4 is 0 Å². The maximum atomic E-state index is 12.8. The Kier molecular flexibility index (Phi) is 4.19. The van der Waals surface area contributed by atoms with Crippen LogP contribution in [0.1, 0.15) is 44.0 Å². The molecule has 0 unspecified atom stereocenters. The number of aromatic amines is 1. The van der Waals surface area contributed by atoms with Crippen molar-refractivity contribution in [1.82, 2.24) is 9.88 Å². The minimum atomic E-state index is -0.676. The van der Waals surface area contributed by atoms with Crippen molar-refractivity contribution in [2.75, 3.05) is 13.1 Å². The van der Waals surface area contributed by atoms with Gasteiger partial charge < -0.3 is 15.0 Å². The first-order valence-electron chi connectivity index (χ1n) is 8.45. The number of nitrogens with zero attached hydrogens (tertiary/aromatic N) is 1. The Morgan fingerprint density at radius 1 is 1.43 bits per heavy atom. The summed E-state index contributed by atoms with van der Waals surface area (Å²) in [5, 5.41) is 11.7. The van der Waals surface area contributed by atoms with E-state index in [4.69, 9.17) is 0 Å². The maximum Gasteiger partial charge on any atom is 0.253 e. The Morgan fingerprint density at radius 3 is 2.96 bits per heavy atom. The summed E-state index contributed by atoms with van der Waals surface area (Å²) in [5.74, 6) is 0.706. The number of rotatable bonds is 3. The van der Waals surface area contributed by atoms with Gasteiger partial charge in [0.1, 0.15) is 0 Å². The summed E-state index contributed by atoms with van der Waals surface area (Å²) >= 11 is 0. The molecule has 0 saturated carbocycles. The van der Waals surface area contributed by atoms with Crippen molar-refractivity contribution in [3.05, 3.63) is 36.0 Å². The number of carbonyl (C=O) groups excluding carboxylic acids is 1. The van der Waals surface area contributed by atoms with Crippen LogP contribution in [0.4, 0.5) is 0 Å². The van der Waals surface area contributed by atoms with Gasteiger partial charge >= 0.3 is 0 Å². The third-order valence-corrected chi connectivity index (χ3v) is 5.05. The molecule has 1 aromatic carbocycles. The van der Waals surface area contributed by atoms with Crippen LogP contribution >= 0.6 is 0 Å². The number of aromatic nitrogens is 1. The van der Waals surface area contributed by atoms with Crippen LogP contribution in [-0.4, -0.2) is 39.6 Å². The number of amides is 1. The summed E-state index contributed by atoms with van der Waals surface area (Å²) in [6, 6.07) is 7.79. The predicted molar refractivity (Wildman–Crippen MR) is 92.4 cm³/mol. The Labute approximate surface area is 137 Å². The largest absolute Gasteiger partial charge is 0.390 e. The number of piperidine rings is 1. The molecule has 1 fully saturated rings. The third-order valence-electron chi connectivity index (χ3n) is 5.05. The molecule has 1 aromatic heterocycles. The number of carbonyl (C=O) groups is 1. The summed E-state index contributed by atoms with van der Waals surface area (Å²) < 4.78 is 0. The molecule has 1 amide bonds. The molecule has 0 spiro atoms. The second-order valence-electron chi connectivity index (χ2n) is 7.46. The molecule has 4 nitrogen and oxygen atoms in total. The fraction of sp³-hybridized carbons (Fsp3) is 0.526. The van der Waals surface area contributed by atoms with E-state index in [1.54, 1.807) is 0 Å². The summed E-state index contributed by atoms with van der Waals surface area (Å²) in [5.41, 5.74) is 1.02. The zero-order valence-corrected chi connectivity index (χ0v) is 14.2. The number of fused-ring (bicyclic) bond motifs is 1. The van der Waals surface area contributed by atoms with E-state index in [1.165, 1.54) is 0 Å². The molecular weight excluding hydrogens is 288 g/mol. The SMILES string of the molecule is CC(C)C[C@H]1CN(C(=O)c2ccc3cc[nH]c3c2)CC[C@@]1(C)O. The lowest BCUT2D eigenvalue weighted by molar-refractivity contribution is -0.0577. The van der Waals surface area contributed by atoms with Crippen molar-refractivity contribution >= 4 is 16.8 Å². The van der Waals surface area contributed by atoms with E-state index in [0.29, 0.717) is 31.0 Å². The van der Waals surface area contributed by atoms with Crippen molar-refractivity contribution in [3.63, 3.8) is 0 Å². The molecule has 23 heavy (non-hydrogen) atoms. The van der Waals surface area contributed by atoms with Gasteiger partial charge in [-0.3, -0.25) is 4.79 Å². The first-order chi connectivity index (χ1) is 10.9. The van der Waals surface area contributed by atoms with Gasteiger partial charge in [-0.15, -0.1) is 0 Å². The highest BCUT2D eigenvalue weighted by molar-refractivity contribution is 5.98. The number of hydrogen-bond donors (Lipinski definition) is 2. The van der Waals surface area contributed by atoms with Gasteiger partial charge in [-0.1, -0.05) is 19.9 Å². The predicted octanol–water partition coefficient (Wildman–Crippen LogP) is 3.43. The third kappa shape index (κ3) is 3.27. The minimum absolute atomic E-state index is 0.0609. The van der Waals surface area contributed by atoms with Crippen molar-refractivity contribution in [2.24, 2.45) is 11.8 Å². The lowest BCUT2D eigenvalue weighted by Gasteiger charge is -2.43. The van der Waals surface area contributed by atoms with Crippen molar-refractivity contribution in [1.29, 1.82) is 0 Å². The topological polar surface area (TPSA) is 56.3 Å². The second kappa shape index (κ2) is 6.00. The fourth-order valence-corrected chi connectivity index (χ4v) is 3.56. The van der Waals surface area contributed by atoms with Crippen LogP contribution in [0.25, 0.3) is 10.9 Å². The monoisotopic (exact) mass is 314 g/mol. The van der Waals surface area contributed by atoms with Gasteiger partial charge in [0.05, 0.1) is 5.60 Å². The van der Waals surface area contributed by atoms with Gasteiger partial charge in [0.15, 0.2) is 0 Å². The Bertz CT molecular complexity index is 702. The molecule has 2 heterocycles. The quantitative estimate of drug-likeness (QED) is 0.912. The smallest absolute Gasteiger partial charge is 0.253 e. The number of hydrogen-bond acceptors (Lipinski definition) is 2. The number of benzene rings is 1. The molecule has 0 radical (unpaired) electrons. The maximum absolute atomic E-state index is 12.8. The van der Waals surface area contributed by atoms with E-state index in [0.717, 1.165) is 17.3 Å². The fourth-order valence-electron chi connectivity index (χ4n) is 3.56. The highest BCUT2D eigenvalue weighted by Crippen LogP contribution is 2.33. The molecule has 1 aliphatic rings. The number of likely N-dealkylation sites (tertiary alicyclic amines) is 1.